The maximum absolute atomic E-state index is 10.5. The summed E-state index contributed by atoms with van der Waals surface area (Å²) in [6, 6.07) is 5.69. The molecule has 2 N–H and O–H groups in total. The van der Waals surface area contributed by atoms with Gasteiger partial charge in [0, 0.05) is 22.1 Å². The second-order valence-electron chi connectivity index (χ2n) is 7.84. The predicted molar refractivity (Wildman–Crippen MR) is 103 cm³/mol. The number of ether oxygens (including phenoxy) is 1. The Hall–Kier alpha value is -0.140. The zero-order valence-corrected chi connectivity index (χ0v) is 17.9. The van der Waals surface area contributed by atoms with Gasteiger partial charge in [0.1, 0.15) is 18.5 Å². The molecule has 1 fully saturated rings. The molecule has 1 aliphatic rings. The summed E-state index contributed by atoms with van der Waals surface area (Å²) in [7, 11) is 0. The summed E-state index contributed by atoms with van der Waals surface area (Å²) in [5.74, 6) is 0.713. The van der Waals surface area contributed by atoms with E-state index in [1.54, 1.807) is 0 Å². The molecule has 0 spiro atoms. The standard InChI is InChI=1S/C18H27Br2NO3/c1-17(2)8-13(22)9-18(3,4)21(17)10-14(23)11-24-16-6-5-12(19)7-15(16)20/h5-7,13-14,22-23H,8-11H2,1-4H3/t14-/m0/s1. The molecule has 24 heavy (non-hydrogen) atoms. The molecule has 0 bridgehead atoms. The van der Waals surface area contributed by atoms with Crippen LogP contribution in [-0.2, 0) is 0 Å². The summed E-state index contributed by atoms with van der Waals surface area (Å²) in [5.41, 5.74) is -0.333. The molecule has 1 saturated heterocycles. The fraction of sp³-hybridized carbons (Fsp3) is 0.667. The summed E-state index contributed by atoms with van der Waals surface area (Å²) < 4.78 is 7.58. The number of β-amino-alcohol motifs (C(OH)–C–C–N with tert-alkyl or cyclic N) is 1. The van der Waals surface area contributed by atoms with Gasteiger partial charge in [0.2, 0.25) is 0 Å². The van der Waals surface area contributed by atoms with Gasteiger partial charge < -0.3 is 14.9 Å². The van der Waals surface area contributed by atoms with E-state index < -0.39 is 6.10 Å². The van der Waals surface area contributed by atoms with Crippen LogP contribution in [0.5, 0.6) is 5.75 Å². The van der Waals surface area contributed by atoms with Gasteiger partial charge in [-0.05, 0) is 74.7 Å². The third-order valence-electron chi connectivity index (χ3n) is 4.65. The SMILES string of the molecule is CC1(C)CC(O)CC(C)(C)N1C[C@H](O)COc1ccc(Br)cc1Br. The van der Waals surface area contributed by atoms with Crippen molar-refractivity contribution in [3.8, 4) is 5.75 Å². The Labute approximate surface area is 161 Å². The van der Waals surface area contributed by atoms with Gasteiger partial charge >= 0.3 is 0 Å². The lowest BCUT2D eigenvalue weighted by Crippen LogP contribution is -2.63. The van der Waals surface area contributed by atoms with Gasteiger partial charge in [-0.3, -0.25) is 4.90 Å². The van der Waals surface area contributed by atoms with E-state index in [0.29, 0.717) is 25.1 Å². The third kappa shape index (κ3) is 4.94. The van der Waals surface area contributed by atoms with E-state index in [4.69, 9.17) is 4.74 Å². The summed E-state index contributed by atoms with van der Waals surface area (Å²) in [5, 5.41) is 20.6. The van der Waals surface area contributed by atoms with Gasteiger partial charge in [-0.25, -0.2) is 0 Å². The number of nitrogens with zero attached hydrogens (tertiary/aromatic N) is 1. The van der Waals surface area contributed by atoms with Crippen LogP contribution in [0.1, 0.15) is 40.5 Å². The lowest BCUT2D eigenvalue weighted by atomic mass is 9.78. The highest BCUT2D eigenvalue weighted by atomic mass is 79.9. The average molecular weight is 465 g/mol. The highest BCUT2D eigenvalue weighted by Gasteiger charge is 2.45. The van der Waals surface area contributed by atoms with Crippen molar-refractivity contribution in [1.82, 2.24) is 4.90 Å². The van der Waals surface area contributed by atoms with Gasteiger partial charge in [-0.1, -0.05) is 15.9 Å². The molecule has 1 aliphatic heterocycles. The summed E-state index contributed by atoms with van der Waals surface area (Å²) >= 11 is 6.87. The average Bonchev–Trinajstić information content (AvgIpc) is 2.40. The van der Waals surface area contributed by atoms with Crippen LogP contribution in [0.4, 0.5) is 0 Å². The van der Waals surface area contributed by atoms with Gasteiger partial charge in [0.05, 0.1) is 10.6 Å². The molecule has 1 aromatic carbocycles. The van der Waals surface area contributed by atoms with Crippen molar-refractivity contribution in [1.29, 1.82) is 0 Å². The number of piperidine rings is 1. The van der Waals surface area contributed by atoms with Crippen LogP contribution in [0, 0.1) is 0 Å². The van der Waals surface area contributed by atoms with Crippen molar-refractivity contribution in [3.63, 3.8) is 0 Å². The van der Waals surface area contributed by atoms with Gasteiger partial charge in [-0.15, -0.1) is 0 Å². The van der Waals surface area contributed by atoms with Gasteiger partial charge in [0.25, 0.3) is 0 Å². The van der Waals surface area contributed by atoms with E-state index in [-0.39, 0.29) is 23.8 Å². The molecule has 4 nitrogen and oxygen atoms in total. The quantitative estimate of drug-likeness (QED) is 0.692. The molecule has 2 rings (SSSR count). The molecule has 0 saturated carbocycles. The molecule has 0 aromatic heterocycles. The number of hydrogen-bond acceptors (Lipinski definition) is 4. The van der Waals surface area contributed by atoms with E-state index in [2.05, 4.69) is 64.5 Å². The Morgan fingerprint density at radius 3 is 2.33 bits per heavy atom. The first-order valence-corrected chi connectivity index (χ1v) is 9.81. The maximum atomic E-state index is 10.5. The van der Waals surface area contributed by atoms with E-state index in [9.17, 15) is 10.2 Å². The maximum Gasteiger partial charge on any atom is 0.133 e. The smallest absolute Gasteiger partial charge is 0.133 e. The van der Waals surface area contributed by atoms with Gasteiger partial charge in [0.15, 0.2) is 0 Å². The van der Waals surface area contributed by atoms with Crippen molar-refractivity contribution in [2.75, 3.05) is 13.2 Å². The van der Waals surface area contributed by atoms with Crippen molar-refractivity contribution in [2.24, 2.45) is 0 Å². The Balaban J connectivity index is 1.99. The fourth-order valence-electron chi connectivity index (χ4n) is 3.80. The molecule has 136 valence electrons. The minimum Gasteiger partial charge on any atom is -0.490 e. The summed E-state index contributed by atoms with van der Waals surface area (Å²) in [6.45, 7) is 9.23. The first kappa shape index (κ1) is 20.2. The van der Waals surface area contributed by atoms with Gasteiger partial charge in [-0.2, -0.15) is 0 Å². The number of hydrogen-bond donors (Lipinski definition) is 2. The number of rotatable bonds is 5. The van der Waals surface area contributed by atoms with Crippen LogP contribution in [0.15, 0.2) is 27.1 Å². The predicted octanol–water partition coefficient (Wildman–Crippen LogP) is 3.97. The fourth-order valence-corrected chi connectivity index (χ4v) is 4.96. The van der Waals surface area contributed by atoms with Crippen LogP contribution < -0.4 is 4.74 Å². The zero-order valence-electron chi connectivity index (χ0n) is 14.7. The van der Waals surface area contributed by atoms with E-state index in [1.807, 2.05) is 18.2 Å². The summed E-state index contributed by atoms with van der Waals surface area (Å²) in [4.78, 5) is 2.29. The molecule has 0 radical (unpaired) electrons. The van der Waals surface area contributed by atoms with Crippen molar-refractivity contribution >= 4 is 31.9 Å². The van der Waals surface area contributed by atoms with Crippen LogP contribution in [0.3, 0.4) is 0 Å². The highest BCUT2D eigenvalue weighted by Crippen LogP contribution is 2.38. The highest BCUT2D eigenvalue weighted by molar-refractivity contribution is 9.11. The van der Waals surface area contributed by atoms with Crippen LogP contribution >= 0.6 is 31.9 Å². The zero-order chi connectivity index (χ0) is 18.1. The lowest BCUT2D eigenvalue weighted by Gasteiger charge is -2.54. The first-order chi connectivity index (χ1) is 11.0. The lowest BCUT2D eigenvalue weighted by molar-refractivity contribution is -0.1000. The molecule has 1 atom stereocenters. The second kappa shape index (κ2) is 7.62. The Morgan fingerprint density at radius 2 is 1.79 bits per heavy atom. The molecule has 0 amide bonds. The number of likely N-dealkylation sites (tertiary alicyclic amines) is 1. The van der Waals surface area contributed by atoms with Crippen molar-refractivity contribution in [2.45, 2.75) is 63.8 Å². The Morgan fingerprint density at radius 1 is 1.21 bits per heavy atom. The third-order valence-corrected chi connectivity index (χ3v) is 5.76. The second-order valence-corrected chi connectivity index (χ2v) is 9.61. The minimum absolute atomic E-state index is 0.166. The Kier molecular flexibility index (Phi) is 6.41. The molecular weight excluding hydrogens is 438 g/mol. The van der Waals surface area contributed by atoms with Crippen molar-refractivity contribution < 1.29 is 14.9 Å². The molecule has 1 aromatic rings. The van der Waals surface area contributed by atoms with E-state index >= 15 is 0 Å². The monoisotopic (exact) mass is 463 g/mol. The van der Waals surface area contributed by atoms with E-state index in [0.717, 1.165) is 8.95 Å². The van der Waals surface area contributed by atoms with Crippen LogP contribution in [0.25, 0.3) is 0 Å². The largest absolute Gasteiger partial charge is 0.490 e. The number of aliphatic hydroxyl groups is 2. The molecule has 0 aliphatic carbocycles. The molecule has 0 unspecified atom stereocenters. The number of aliphatic hydroxyl groups excluding tert-OH is 2. The minimum atomic E-state index is -0.602. The van der Waals surface area contributed by atoms with E-state index in [1.165, 1.54) is 0 Å². The van der Waals surface area contributed by atoms with Crippen molar-refractivity contribution in [3.05, 3.63) is 27.1 Å². The summed E-state index contributed by atoms with van der Waals surface area (Å²) in [6.07, 6.45) is 0.526. The topological polar surface area (TPSA) is 52.9 Å². The first-order valence-electron chi connectivity index (χ1n) is 8.23. The molecule has 1 heterocycles. The molecule has 6 heteroatoms. The van der Waals surface area contributed by atoms with Crippen LogP contribution in [-0.4, -0.2) is 51.6 Å². The normalized spacial score (nSPS) is 22.3. The number of halogens is 2. The number of benzene rings is 1. The van der Waals surface area contributed by atoms with Crippen LogP contribution in [0.2, 0.25) is 0 Å². The molecular formula is C18H27Br2NO3. The Bertz CT molecular complexity index is 559.